The first kappa shape index (κ1) is 14.4. The Morgan fingerprint density at radius 1 is 1.30 bits per heavy atom. The minimum absolute atomic E-state index is 0.162. The van der Waals surface area contributed by atoms with Gasteiger partial charge in [0.2, 0.25) is 0 Å². The van der Waals surface area contributed by atoms with Gasteiger partial charge in [-0.1, -0.05) is 30.4 Å². The zero-order valence-electron chi connectivity index (χ0n) is 11.1. The Labute approximate surface area is 123 Å². The van der Waals surface area contributed by atoms with Crippen molar-refractivity contribution in [1.29, 1.82) is 0 Å². The van der Waals surface area contributed by atoms with E-state index in [1.165, 1.54) is 12.1 Å². The van der Waals surface area contributed by atoms with Crippen LogP contribution in [-0.2, 0) is 6.42 Å². The lowest BCUT2D eigenvalue weighted by atomic mass is 10.1. The Balaban J connectivity index is 2.00. The minimum atomic E-state index is -0.222. The van der Waals surface area contributed by atoms with E-state index in [0.717, 1.165) is 17.8 Å². The molecular formula is C15H16FN3S. The Hall–Kier alpha value is -2.01. The van der Waals surface area contributed by atoms with Gasteiger partial charge in [0.15, 0.2) is 0 Å². The maximum Gasteiger partial charge on any atom is 0.126 e. The number of halogens is 1. The molecule has 1 unspecified atom stereocenters. The lowest BCUT2D eigenvalue weighted by Crippen LogP contribution is -2.20. The predicted octanol–water partition coefficient (Wildman–Crippen LogP) is 2.90. The van der Waals surface area contributed by atoms with Gasteiger partial charge in [-0.05, 0) is 43.2 Å². The van der Waals surface area contributed by atoms with Crippen LogP contribution in [0.4, 0.5) is 10.2 Å². The van der Waals surface area contributed by atoms with Gasteiger partial charge in [-0.2, -0.15) is 0 Å². The summed E-state index contributed by atoms with van der Waals surface area (Å²) in [5.41, 5.74) is 7.22. The van der Waals surface area contributed by atoms with Crippen molar-refractivity contribution in [2.45, 2.75) is 19.4 Å². The fourth-order valence-electron chi connectivity index (χ4n) is 1.93. The van der Waals surface area contributed by atoms with Crippen LogP contribution in [0.25, 0.3) is 0 Å². The van der Waals surface area contributed by atoms with Crippen LogP contribution < -0.4 is 11.1 Å². The molecule has 2 aromatic rings. The second-order valence-electron chi connectivity index (χ2n) is 4.65. The van der Waals surface area contributed by atoms with Crippen LogP contribution in [0.1, 0.15) is 18.2 Å². The number of thiocarbonyl (C=S) groups is 1. The van der Waals surface area contributed by atoms with Gasteiger partial charge in [-0.25, -0.2) is 9.37 Å². The van der Waals surface area contributed by atoms with E-state index in [4.69, 9.17) is 18.0 Å². The Morgan fingerprint density at radius 3 is 2.65 bits per heavy atom. The summed E-state index contributed by atoms with van der Waals surface area (Å²) in [7, 11) is 0. The summed E-state index contributed by atoms with van der Waals surface area (Å²) < 4.78 is 12.8. The molecule has 104 valence electrons. The molecule has 0 amide bonds. The standard InChI is InChI=1S/C15H16FN3S/c1-10(9-11-5-7-12(16)8-6-11)18-14-4-2-3-13(19-14)15(17)20/h2-8,10H,9H2,1H3,(H2,17,20)(H,18,19). The van der Waals surface area contributed by atoms with E-state index in [1.807, 2.05) is 19.1 Å². The van der Waals surface area contributed by atoms with E-state index >= 15 is 0 Å². The van der Waals surface area contributed by atoms with Gasteiger partial charge in [0.1, 0.15) is 16.6 Å². The molecule has 2 rings (SSSR count). The number of hydrogen-bond acceptors (Lipinski definition) is 3. The van der Waals surface area contributed by atoms with Crippen molar-refractivity contribution in [3.8, 4) is 0 Å². The summed E-state index contributed by atoms with van der Waals surface area (Å²) in [6.07, 6.45) is 0.777. The molecule has 0 saturated carbocycles. The zero-order chi connectivity index (χ0) is 14.5. The number of anilines is 1. The SMILES string of the molecule is CC(Cc1ccc(F)cc1)Nc1cccc(C(N)=S)n1. The number of aromatic nitrogens is 1. The van der Waals surface area contributed by atoms with Gasteiger partial charge in [0.25, 0.3) is 0 Å². The average molecular weight is 289 g/mol. The first-order valence-corrected chi connectivity index (χ1v) is 6.73. The predicted molar refractivity (Wildman–Crippen MR) is 83.3 cm³/mol. The van der Waals surface area contributed by atoms with E-state index in [1.54, 1.807) is 18.2 Å². The van der Waals surface area contributed by atoms with Crippen molar-refractivity contribution >= 4 is 23.0 Å². The monoisotopic (exact) mass is 289 g/mol. The van der Waals surface area contributed by atoms with E-state index in [2.05, 4.69) is 10.3 Å². The number of pyridine rings is 1. The quantitative estimate of drug-likeness (QED) is 0.831. The van der Waals surface area contributed by atoms with Gasteiger partial charge in [0.05, 0.1) is 5.69 Å². The number of rotatable bonds is 5. The van der Waals surface area contributed by atoms with Crippen molar-refractivity contribution in [1.82, 2.24) is 4.98 Å². The lowest BCUT2D eigenvalue weighted by Gasteiger charge is -2.15. The molecule has 0 bridgehead atoms. The molecule has 5 heteroatoms. The van der Waals surface area contributed by atoms with Crippen LogP contribution in [0.2, 0.25) is 0 Å². The van der Waals surface area contributed by atoms with Gasteiger partial charge in [0, 0.05) is 6.04 Å². The normalized spacial score (nSPS) is 11.9. The highest BCUT2D eigenvalue weighted by Gasteiger charge is 2.06. The molecule has 0 aliphatic heterocycles. The van der Waals surface area contributed by atoms with Crippen LogP contribution in [0.3, 0.4) is 0 Å². The summed E-state index contributed by atoms with van der Waals surface area (Å²) in [6, 6.07) is 12.2. The van der Waals surface area contributed by atoms with E-state index in [-0.39, 0.29) is 16.8 Å². The third-order valence-corrected chi connectivity index (χ3v) is 3.06. The van der Waals surface area contributed by atoms with Crippen molar-refractivity contribution in [3.63, 3.8) is 0 Å². The molecule has 1 atom stereocenters. The van der Waals surface area contributed by atoms with Crippen LogP contribution in [0.5, 0.6) is 0 Å². The highest BCUT2D eigenvalue weighted by molar-refractivity contribution is 7.80. The Kier molecular flexibility index (Phi) is 4.63. The Bertz CT molecular complexity index is 598. The molecule has 0 saturated heterocycles. The number of nitrogens with one attached hydrogen (secondary N) is 1. The molecule has 1 aromatic carbocycles. The number of hydrogen-bond donors (Lipinski definition) is 2. The molecule has 0 aliphatic carbocycles. The first-order chi connectivity index (χ1) is 9.54. The molecule has 0 aliphatic rings. The maximum atomic E-state index is 12.8. The first-order valence-electron chi connectivity index (χ1n) is 6.32. The van der Waals surface area contributed by atoms with Crippen LogP contribution in [0.15, 0.2) is 42.5 Å². The van der Waals surface area contributed by atoms with Crippen LogP contribution in [-0.4, -0.2) is 16.0 Å². The summed E-state index contributed by atoms with van der Waals surface area (Å²) >= 11 is 4.90. The van der Waals surface area contributed by atoms with Gasteiger partial charge in [-0.3, -0.25) is 0 Å². The highest BCUT2D eigenvalue weighted by atomic mass is 32.1. The summed E-state index contributed by atoms with van der Waals surface area (Å²) in [5.74, 6) is 0.505. The third kappa shape index (κ3) is 3.99. The van der Waals surface area contributed by atoms with Crippen molar-refractivity contribution in [3.05, 3.63) is 59.5 Å². The number of nitrogens with two attached hydrogens (primary N) is 1. The van der Waals surface area contributed by atoms with E-state index in [0.29, 0.717) is 5.69 Å². The summed E-state index contributed by atoms with van der Waals surface area (Å²) in [5, 5.41) is 3.28. The Morgan fingerprint density at radius 2 is 2.00 bits per heavy atom. The number of nitrogens with zero attached hydrogens (tertiary/aromatic N) is 1. The van der Waals surface area contributed by atoms with Crippen LogP contribution >= 0.6 is 12.2 Å². The van der Waals surface area contributed by atoms with Crippen molar-refractivity contribution in [2.75, 3.05) is 5.32 Å². The lowest BCUT2D eigenvalue weighted by molar-refractivity contribution is 0.626. The fraction of sp³-hybridized carbons (Fsp3) is 0.200. The maximum absolute atomic E-state index is 12.8. The largest absolute Gasteiger partial charge is 0.388 e. The second-order valence-corrected chi connectivity index (χ2v) is 5.09. The molecule has 1 aromatic heterocycles. The van der Waals surface area contributed by atoms with Crippen molar-refractivity contribution < 1.29 is 4.39 Å². The molecule has 1 heterocycles. The van der Waals surface area contributed by atoms with Crippen molar-refractivity contribution in [2.24, 2.45) is 5.73 Å². The second kappa shape index (κ2) is 6.43. The smallest absolute Gasteiger partial charge is 0.126 e. The summed E-state index contributed by atoms with van der Waals surface area (Å²) in [4.78, 5) is 4.61. The van der Waals surface area contributed by atoms with Gasteiger partial charge in [-0.15, -0.1) is 0 Å². The van der Waals surface area contributed by atoms with Gasteiger partial charge < -0.3 is 11.1 Å². The molecular weight excluding hydrogens is 273 g/mol. The topological polar surface area (TPSA) is 50.9 Å². The van der Waals surface area contributed by atoms with E-state index in [9.17, 15) is 4.39 Å². The molecule has 0 spiro atoms. The number of benzene rings is 1. The van der Waals surface area contributed by atoms with E-state index < -0.39 is 0 Å². The molecule has 0 fully saturated rings. The molecule has 20 heavy (non-hydrogen) atoms. The zero-order valence-corrected chi connectivity index (χ0v) is 12.0. The molecule has 0 radical (unpaired) electrons. The summed E-state index contributed by atoms with van der Waals surface area (Å²) in [6.45, 7) is 2.04. The van der Waals surface area contributed by atoms with Crippen LogP contribution in [0, 0.1) is 5.82 Å². The fourth-order valence-corrected chi connectivity index (χ4v) is 2.04. The van der Waals surface area contributed by atoms with Gasteiger partial charge >= 0.3 is 0 Å². The average Bonchev–Trinajstić information content (AvgIpc) is 2.41. The third-order valence-electron chi connectivity index (χ3n) is 2.85. The molecule has 3 nitrogen and oxygen atoms in total. The molecule has 3 N–H and O–H groups in total. The minimum Gasteiger partial charge on any atom is -0.388 e. The highest BCUT2D eigenvalue weighted by Crippen LogP contribution is 2.11.